The van der Waals surface area contributed by atoms with Crippen LogP contribution in [0.1, 0.15) is 52.1 Å². The van der Waals surface area contributed by atoms with Gasteiger partial charge in [-0.25, -0.2) is 0 Å². The minimum Gasteiger partial charge on any atom is -0.497 e. The molecule has 4 aliphatic heterocycles. The van der Waals surface area contributed by atoms with Gasteiger partial charge < -0.3 is 39.1 Å². The quantitative estimate of drug-likeness (QED) is 0.151. The van der Waals surface area contributed by atoms with Gasteiger partial charge in [0, 0.05) is 51.9 Å². The highest BCUT2D eigenvalue weighted by atomic mass is 32.1. The van der Waals surface area contributed by atoms with Crippen molar-refractivity contribution >= 4 is 52.1 Å². The van der Waals surface area contributed by atoms with Gasteiger partial charge >= 0.3 is 23.9 Å². The van der Waals surface area contributed by atoms with Gasteiger partial charge in [0.1, 0.15) is 18.5 Å². The van der Waals surface area contributed by atoms with Crippen molar-refractivity contribution in [1.82, 2.24) is 20.5 Å². The largest absolute Gasteiger partial charge is 0.497 e. The van der Waals surface area contributed by atoms with Gasteiger partial charge in [0.2, 0.25) is 0 Å². The minimum atomic E-state index is -1.33. The van der Waals surface area contributed by atoms with Crippen molar-refractivity contribution in [2.75, 3.05) is 26.8 Å². The Morgan fingerprint density at radius 3 is 2.36 bits per heavy atom. The molecule has 4 fully saturated rings. The van der Waals surface area contributed by atoms with Crippen LogP contribution in [0.5, 0.6) is 5.75 Å². The van der Waals surface area contributed by atoms with Gasteiger partial charge in [-0.05, 0) is 73.3 Å². The fourth-order valence-corrected chi connectivity index (χ4v) is 7.55. The average Bonchev–Trinajstić information content (AvgIpc) is 3.08. The first kappa shape index (κ1) is 36.9. The maximum Gasteiger partial charge on any atom is 0.303 e. The second kappa shape index (κ2) is 16.1. The number of benzene rings is 1. The molecule has 0 amide bonds. The zero-order chi connectivity index (χ0) is 36.1. The number of esters is 4. The molecular formula is C35H44N4O10S. The van der Waals surface area contributed by atoms with E-state index in [1.54, 1.807) is 13.3 Å². The summed E-state index contributed by atoms with van der Waals surface area (Å²) in [6.07, 6.45) is -0.520. The third-order valence-electron chi connectivity index (χ3n) is 9.41. The molecule has 4 aliphatic rings. The summed E-state index contributed by atoms with van der Waals surface area (Å²) < 4.78 is 33.7. The van der Waals surface area contributed by atoms with Crippen LogP contribution in [0.3, 0.4) is 0 Å². The third-order valence-corrected chi connectivity index (χ3v) is 9.64. The Morgan fingerprint density at radius 2 is 1.74 bits per heavy atom. The number of ether oxygens (including phenoxy) is 6. The molecule has 6 rings (SSSR count). The Labute approximate surface area is 296 Å². The molecular weight excluding hydrogens is 668 g/mol. The van der Waals surface area contributed by atoms with Crippen molar-refractivity contribution in [1.29, 1.82) is 0 Å². The van der Waals surface area contributed by atoms with Crippen LogP contribution in [0.2, 0.25) is 0 Å². The highest BCUT2D eigenvalue weighted by Crippen LogP contribution is 2.42. The predicted molar refractivity (Wildman–Crippen MR) is 184 cm³/mol. The van der Waals surface area contributed by atoms with E-state index in [1.807, 2.05) is 30.3 Å². The first-order chi connectivity index (χ1) is 23.9. The van der Waals surface area contributed by atoms with Gasteiger partial charge in [0.05, 0.1) is 18.7 Å². The van der Waals surface area contributed by atoms with E-state index in [9.17, 15) is 19.2 Å². The van der Waals surface area contributed by atoms with E-state index in [4.69, 9.17) is 40.6 Å². The Hall–Kier alpha value is -4.34. The number of fused-ring (bicyclic) bond motifs is 4. The number of piperidine rings is 3. The number of methoxy groups -OCH3 is 1. The first-order valence-electron chi connectivity index (χ1n) is 16.5. The second-order valence-electron chi connectivity index (χ2n) is 12.7. The molecule has 15 heteroatoms. The summed E-state index contributed by atoms with van der Waals surface area (Å²) in [5, 5.41) is 7.67. The fraction of sp³-hybridized carbons (Fsp3) is 0.543. The van der Waals surface area contributed by atoms with Crippen molar-refractivity contribution in [3.8, 4) is 5.75 Å². The lowest BCUT2D eigenvalue weighted by atomic mass is 9.73. The molecule has 2 N–H and O–H groups in total. The van der Waals surface area contributed by atoms with Gasteiger partial charge in [0.15, 0.2) is 29.7 Å². The van der Waals surface area contributed by atoms with E-state index >= 15 is 0 Å². The SMILES string of the molecule is C=CC1CN2CCC1CC2[C@H](NC(=S)NC1OC(COC(C)=O)C(OC(C)=O)C(OC(C)=O)C1OC(C)=O)c1ccnc2ccc(OC)cc12. The fourth-order valence-electron chi connectivity index (χ4n) is 7.31. The van der Waals surface area contributed by atoms with E-state index in [0.29, 0.717) is 17.6 Å². The molecule has 14 nitrogen and oxygen atoms in total. The Balaban J connectivity index is 1.50. The average molecular weight is 713 g/mol. The smallest absolute Gasteiger partial charge is 0.303 e. The highest BCUT2D eigenvalue weighted by molar-refractivity contribution is 7.80. The van der Waals surface area contributed by atoms with Crippen molar-refractivity contribution in [3.05, 3.63) is 48.7 Å². The molecule has 10 atom stereocenters. The molecule has 2 bridgehead atoms. The van der Waals surface area contributed by atoms with Crippen LogP contribution >= 0.6 is 12.2 Å². The Kier molecular flexibility index (Phi) is 11.9. The number of nitrogens with zero attached hydrogens (tertiary/aromatic N) is 2. The van der Waals surface area contributed by atoms with Gasteiger partial charge in [-0.3, -0.25) is 29.1 Å². The summed E-state index contributed by atoms with van der Waals surface area (Å²) in [5.41, 5.74) is 1.74. The number of hydrogen-bond donors (Lipinski definition) is 2. The molecule has 2 aromatic rings. The predicted octanol–water partition coefficient (Wildman–Crippen LogP) is 2.73. The molecule has 0 saturated carbocycles. The zero-order valence-corrected chi connectivity index (χ0v) is 29.6. The van der Waals surface area contributed by atoms with Crippen LogP contribution in [-0.2, 0) is 42.9 Å². The van der Waals surface area contributed by atoms with Crippen molar-refractivity contribution in [2.45, 2.75) is 83.3 Å². The number of pyridine rings is 1. The molecule has 1 aromatic carbocycles. The zero-order valence-electron chi connectivity index (χ0n) is 28.8. The first-order valence-corrected chi connectivity index (χ1v) is 17.0. The molecule has 5 heterocycles. The number of thiocarbonyl (C=S) groups is 1. The van der Waals surface area contributed by atoms with E-state index in [0.717, 1.165) is 42.4 Å². The topological polar surface area (TPSA) is 164 Å². The van der Waals surface area contributed by atoms with Crippen LogP contribution < -0.4 is 15.4 Å². The Bertz CT molecular complexity index is 1620. The van der Waals surface area contributed by atoms with Crippen LogP contribution in [-0.4, -0.2) is 102 Å². The minimum absolute atomic E-state index is 0.0388. The standard InChI is InChI=1S/C35H44N4O10S/c1-7-22-16-39-13-11-23(22)14-28(39)30(25-10-12-36-27-9-8-24(44-6)15-26(25)27)37-35(50)38-34-33(48-21(5)43)32(47-20(4)42)31(46-19(3)41)29(49-34)17-45-18(2)40/h7-10,12,15,22-23,28-34H,1,11,13-14,16-17H2,2-6H3,(H2,37,38,50)/t22?,23?,28?,29?,30-,31?,32?,33?,34?/m1/s1. The van der Waals surface area contributed by atoms with Crippen LogP contribution in [0.25, 0.3) is 10.9 Å². The van der Waals surface area contributed by atoms with E-state index in [2.05, 4.69) is 27.1 Å². The van der Waals surface area contributed by atoms with Crippen molar-refractivity contribution in [2.24, 2.45) is 11.8 Å². The lowest BCUT2D eigenvalue weighted by Crippen LogP contribution is -2.67. The molecule has 0 aliphatic carbocycles. The second-order valence-corrected chi connectivity index (χ2v) is 13.2. The maximum atomic E-state index is 12.4. The summed E-state index contributed by atoms with van der Waals surface area (Å²) in [4.78, 5) is 55.6. The van der Waals surface area contributed by atoms with E-state index in [-0.39, 0.29) is 23.8 Å². The van der Waals surface area contributed by atoms with Crippen molar-refractivity contribution in [3.63, 3.8) is 0 Å². The number of nitrogens with one attached hydrogen (secondary N) is 2. The summed E-state index contributed by atoms with van der Waals surface area (Å²) in [6, 6.07) is 7.38. The molecule has 1 aromatic heterocycles. The van der Waals surface area contributed by atoms with Gasteiger partial charge in [-0.1, -0.05) is 6.08 Å². The molecule has 0 radical (unpaired) electrons. The third kappa shape index (κ3) is 8.50. The summed E-state index contributed by atoms with van der Waals surface area (Å²) in [7, 11) is 1.61. The van der Waals surface area contributed by atoms with Gasteiger partial charge in [-0.2, -0.15) is 0 Å². The van der Waals surface area contributed by atoms with Crippen LogP contribution in [0, 0.1) is 11.8 Å². The highest BCUT2D eigenvalue weighted by Gasteiger charge is 2.53. The Morgan fingerprint density at radius 1 is 1.04 bits per heavy atom. The number of hydrogen-bond acceptors (Lipinski definition) is 13. The lowest BCUT2D eigenvalue weighted by Gasteiger charge is -2.52. The summed E-state index contributed by atoms with van der Waals surface area (Å²) in [6.45, 7) is 10.2. The number of carbonyl (C=O) groups is 4. The molecule has 0 spiro atoms. The summed E-state index contributed by atoms with van der Waals surface area (Å²) in [5.74, 6) is -1.24. The van der Waals surface area contributed by atoms with E-state index < -0.39 is 54.5 Å². The maximum absolute atomic E-state index is 12.4. The van der Waals surface area contributed by atoms with Gasteiger partial charge in [0.25, 0.3) is 0 Å². The van der Waals surface area contributed by atoms with Crippen molar-refractivity contribution < 1.29 is 47.6 Å². The number of carbonyl (C=O) groups excluding carboxylic acids is 4. The monoisotopic (exact) mass is 712 g/mol. The molecule has 4 saturated heterocycles. The summed E-state index contributed by atoms with van der Waals surface area (Å²) >= 11 is 5.92. The molecule has 9 unspecified atom stereocenters. The molecule has 270 valence electrons. The number of aromatic nitrogens is 1. The molecule has 50 heavy (non-hydrogen) atoms. The van der Waals surface area contributed by atoms with Gasteiger partial charge in [-0.15, -0.1) is 6.58 Å². The normalized spacial score (nSPS) is 29.2. The lowest BCUT2D eigenvalue weighted by molar-refractivity contribution is -0.255. The van der Waals surface area contributed by atoms with E-state index in [1.165, 1.54) is 27.7 Å². The van der Waals surface area contributed by atoms with Crippen LogP contribution in [0.4, 0.5) is 0 Å². The van der Waals surface area contributed by atoms with Crippen LogP contribution in [0.15, 0.2) is 43.1 Å². The number of rotatable bonds is 11.